The van der Waals surface area contributed by atoms with Crippen LogP contribution in [0.5, 0.6) is 0 Å². The Morgan fingerprint density at radius 1 is 1.35 bits per heavy atom. The van der Waals surface area contributed by atoms with Crippen LogP contribution < -0.4 is 5.32 Å². The molecule has 4 heteroatoms. The van der Waals surface area contributed by atoms with Gasteiger partial charge in [-0.25, -0.2) is 0 Å². The fourth-order valence-corrected chi connectivity index (χ4v) is 2.46. The third kappa shape index (κ3) is 3.59. The molecule has 2 atom stereocenters. The quantitative estimate of drug-likeness (QED) is 0.839. The summed E-state index contributed by atoms with van der Waals surface area (Å²) in [4.78, 5) is 22.9. The first-order valence-corrected chi connectivity index (χ1v) is 6.97. The first kappa shape index (κ1) is 14.6. The van der Waals surface area contributed by atoms with E-state index in [-0.39, 0.29) is 29.7 Å². The molecule has 2 unspecified atom stereocenters. The summed E-state index contributed by atoms with van der Waals surface area (Å²) in [6.45, 7) is 4.15. The lowest BCUT2D eigenvalue weighted by Gasteiger charge is -2.19. The lowest BCUT2D eigenvalue weighted by molar-refractivity contribution is -0.137. The van der Waals surface area contributed by atoms with E-state index < -0.39 is 5.97 Å². The first-order chi connectivity index (χ1) is 9.40. The van der Waals surface area contributed by atoms with Crippen LogP contribution in [0.4, 0.5) is 0 Å². The molecule has 4 nitrogen and oxygen atoms in total. The summed E-state index contributed by atoms with van der Waals surface area (Å²) in [5.41, 5.74) is 1.04. The summed E-state index contributed by atoms with van der Waals surface area (Å²) < 4.78 is 0. The molecule has 2 rings (SSSR count). The van der Waals surface area contributed by atoms with Gasteiger partial charge in [-0.2, -0.15) is 0 Å². The number of carboxylic acid groups (broad SMARTS) is 1. The fourth-order valence-electron chi connectivity index (χ4n) is 2.46. The Hall–Kier alpha value is -1.84. The summed E-state index contributed by atoms with van der Waals surface area (Å²) in [5.74, 6) is -0.750. The maximum Gasteiger partial charge on any atom is 0.303 e. The second-order valence-corrected chi connectivity index (χ2v) is 6.15. The van der Waals surface area contributed by atoms with Crippen molar-refractivity contribution in [2.24, 2.45) is 11.3 Å². The van der Waals surface area contributed by atoms with E-state index in [9.17, 15) is 9.59 Å². The summed E-state index contributed by atoms with van der Waals surface area (Å²) >= 11 is 0. The van der Waals surface area contributed by atoms with Gasteiger partial charge in [0, 0.05) is 12.3 Å². The number of carbonyl (C=O) groups excluding carboxylic acids is 1. The summed E-state index contributed by atoms with van der Waals surface area (Å²) in [6, 6.07) is 9.32. The van der Waals surface area contributed by atoms with Crippen molar-refractivity contribution in [1.82, 2.24) is 5.32 Å². The first-order valence-electron chi connectivity index (χ1n) is 6.97. The van der Waals surface area contributed by atoms with Crippen molar-refractivity contribution in [2.75, 3.05) is 0 Å². The molecule has 1 aromatic rings. The fraction of sp³-hybridized carbons (Fsp3) is 0.500. The minimum atomic E-state index is -0.841. The normalized spacial score (nSPS) is 21.0. The summed E-state index contributed by atoms with van der Waals surface area (Å²) in [5, 5.41) is 11.8. The van der Waals surface area contributed by atoms with E-state index >= 15 is 0 Å². The Morgan fingerprint density at radius 3 is 2.45 bits per heavy atom. The zero-order valence-electron chi connectivity index (χ0n) is 11.9. The van der Waals surface area contributed by atoms with Crippen LogP contribution in [-0.4, -0.2) is 17.0 Å². The lowest BCUT2D eigenvalue weighted by Crippen LogP contribution is -2.31. The smallest absolute Gasteiger partial charge is 0.303 e. The maximum absolute atomic E-state index is 12.2. The molecule has 1 aliphatic carbocycles. The zero-order chi connectivity index (χ0) is 14.8. The van der Waals surface area contributed by atoms with Crippen molar-refractivity contribution < 1.29 is 14.7 Å². The Balaban J connectivity index is 2.03. The van der Waals surface area contributed by atoms with Gasteiger partial charge in [0.2, 0.25) is 5.91 Å². The van der Waals surface area contributed by atoms with Gasteiger partial charge in [0.05, 0.1) is 6.04 Å². The predicted molar refractivity (Wildman–Crippen MR) is 76.1 cm³/mol. The standard InChI is InChI=1S/C16H21NO3/c1-16(2)10-12(16)15(20)17-13(8-9-14(18)19)11-6-4-3-5-7-11/h3-7,12-13H,8-10H2,1-2H3,(H,17,20)(H,18,19). The number of rotatable bonds is 6. The highest BCUT2D eigenvalue weighted by Gasteiger charge is 2.50. The van der Waals surface area contributed by atoms with Crippen molar-refractivity contribution in [3.05, 3.63) is 35.9 Å². The third-order valence-corrected chi connectivity index (χ3v) is 4.00. The number of benzene rings is 1. The van der Waals surface area contributed by atoms with Gasteiger partial charge >= 0.3 is 5.97 Å². The van der Waals surface area contributed by atoms with Gasteiger partial charge in [-0.1, -0.05) is 44.2 Å². The van der Waals surface area contributed by atoms with Crippen LogP contribution in [0.25, 0.3) is 0 Å². The highest BCUT2D eigenvalue weighted by atomic mass is 16.4. The molecule has 2 N–H and O–H groups in total. The number of amides is 1. The Labute approximate surface area is 119 Å². The number of nitrogens with one attached hydrogen (secondary N) is 1. The van der Waals surface area contributed by atoms with Gasteiger partial charge < -0.3 is 10.4 Å². The van der Waals surface area contributed by atoms with Crippen molar-refractivity contribution in [1.29, 1.82) is 0 Å². The average molecular weight is 275 g/mol. The van der Waals surface area contributed by atoms with Crippen LogP contribution in [0.2, 0.25) is 0 Å². The number of hydrogen-bond acceptors (Lipinski definition) is 2. The second-order valence-electron chi connectivity index (χ2n) is 6.15. The number of carboxylic acids is 1. The average Bonchev–Trinajstić information content (AvgIpc) is 3.04. The second kappa shape index (κ2) is 5.65. The number of carbonyl (C=O) groups is 2. The molecule has 0 aliphatic heterocycles. The Bertz CT molecular complexity index is 496. The van der Waals surface area contributed by atoms with E-state index in [1.807, 2.05) is 30.3 Å². The van der Waals surface area contributed by atoms with Crippen LogP contribution >= 0.6 is 0 Å². The topological polar surface area (TPSA) is 66.4 Å². The van der Waals surface area contributed by atoms with Crippen LogP contribution in [0, 0.1) is 11.3 Å². The molecule has 1 amide bonds. The molecule has 0 spiro atoms. The minimum Gasteiger partial charge on any atom is -0.481 e. The van der Waals surface area contributed by atoms with Gasteiger partial charge in [-0.05, 0) is 23.8 Å². The summed E-state index contributed by atoms with van der Waals surface area (Å²) in [6.07, 6.45) is 1.37. The molecule has 108 valence electrons. The van der Waals surface area contributed by atoms with Crippen molar-refractivity contribution in [3.8, 4) is 0 Å². The van der Waals surface area contributed by atoms with E-state index in [1.54, 1.807) is 0 Å². The van der Waals surface area contributed by atoms with E-state index in [4.69, 9.17) is 5.11 Å². The molecular weight excluding hydrogens is 254 g/mol. The van der Waals surface area contributed by atoms with Crippen LogP contribution in [-0.2, 0) is 9.59 Å². The molecule has 1 fully saturated rings. The predicted octanol–water partition coefficient (Wildman–Crippen LogP) is 2.75. The van der Waals surface area contributed by atoms with E-state index in [1.165, 1.54) is 0 Å². The monoisotopic (exact) mass is 275 g/mol. The molecular formula is C16H21NO3. The van der Waals surface area contributed by atoms with Gasteiger partial charge in [-0.3, -0.25) is 9.59 Å². The maximum atomic E-state index is 12.2. The minimum absolute atomic E-state index is 0.0363. The number of hydrogen-bond donors (Lipinski definition) is 2. The van der Waals surface area contributed by atoms with Crippen molar-refractivity contribution >= 4 is 11.9 Å². The van der Waals surface area contributed by atoms with Gasteiger partial charge in [-0.15, -0.1) is 0 Å². The molecule has 1 aliphatic rings. The van der Waals surface area contributed by atoms with Gasteiger partial charge in [0.15, 0.2) is 0 Å². The van der Waals surface area contributed by atoms with Crippen LogP contribution in [0.15, 0.2) is 30.3 Å². The van der Waals surface area contributed by atoms with Crippen molar-refractivity contribution in [2.45, 2.75) is 39.2 Å². The third-order valence-electron chi connectivity index (χ3n) is 4.00. The molecule has 0 saturated heterocycles. The molecule has 1 aromatic carbocycles. The molecule has 0 bridgehead atoms. The SMILES string of the molecule is CC1(C)CC1C(=O)NC(CCC(=O)O)c1ccccc1. The van der Waals surface area contributed by atoms with Crippen molar-refractivity contribution in [3.63, 3.8) is 0 Å². The zero-order valence-corrected chi connectivity index (χ0v) is 11.9. The van der Waals surface area contributed by atoms with Crippen LogP contribution in [0.1, 0.15) is 44.7 Å². The molecule has 0 radical (unpaired) electrons. The Morgan fingerprint density at radius 2 is 1.95 bits per heavy atom. The van der Waals surface area contributed by atoms with Crippen LogP contribution in [0.3, 0.4) is 0 Å². The molecule has 1 saturated carbocycles. The highest BCUT2D eigenvalue weighted by molar-refractivity contribution is 5.82. The van der Waals surface area contributed by atoms with Gasteiger partial charge in [0.1, 0.15) is 0 Å². The Kier molecular flexibility index (Phi) is 4.12. The van der Waals surface area contributed by atoms with E-state index in [0.29, 0.717) is 6.42 Å². The molecule has 0 heterocycles. The molecule has 0 aromatic heterocycles. The number of aliphatic carboxylic acids is 1. The lowest BCUT2D eigenvalue weighted by atomic mass is 10.0. The van der Waals surface area contributed by atoms with E-state index in [2.05, 4.69) is 19.2 Å². The largest absolute Gasteiger partial charge is 0.481 e. The molecule has 20 heavy (non-hydrogen) atoms. The van der Waals surface area contributed by atoms with E-state index in [0.717, 1.165) is 12.0 Å². The van der Waals surface area contributed by atoms with Gasteiger partial charge in [0.25, 0.3) is 0 Å². The summed E-state index contributed by atoms with van der Waals surface area (Å²) in [7, 11) is 0. The highest BCUT2D eigenvalue weighted by Crippen LogP contribution is 2.51.